The van der Waals surface area contributed by atoms with Gasteiger partial charge in [0.2, 0.25) is 0 Å². The van der Waals surface area contributed by atoms with Crippen molar-refractivity contribution < 1.29 is 10.0 Å². The Bertz CT molecular complexity index is 27.1. The summed E-state index contributed by atoms with van der Waals surface area (Å²) < 4.78 is 0. The lowest BCUT2D eigenvalue weighted by Gasteiger charge is -1.79. The minimum Gasteiger partial charge on any atom is -0.427 e. The fraction of sp³-hybridized carbons (Fsp3) is 1.00. The summed E-state index contributed by atoms with van der Waals surface area (Å²) in [6.07, 6.45) is 0. The van der Waals surface area contributed by atoms with E-state index >= 15 is 0 Å². The summed E-state index contributed by atoms with van der Waals surface area (Å²) in [5.41, 5.74) is 0. The van der Waals surface area contributed by atoms with E-state index in [1.807, 2.05) is 13.8 Å². The van der Waals surface area contributed by atoms with Crippen LogP contribution in [0.15, 0.2) is 0 Å². The van der Waals surface area contributed by atoms with Crippen molar-refractivity contribution in [2.75, 3.05) is 0 Å². The summed E-state index contributed by atoms with van der Waals surface area (Å²) >= 11 is 0. The van der Waals surface area contributed by atoms with Gasteiger partial charge >= 0.3 is 7.12 Å². The molecule has 0 rings (SSSR count). The molecule has 0 saturated heterocycles. The molecule has 0 spiro atoms. The summed E-state index contributed by atoms with van der Waals surface area (Å²) in [5.74, 6) is 0.833. The minimum absolute atomic E-state index is 0.833. The average molecular weight is 148 g/mol. The van der Waals surface area contributed by atoms with Gasteiger partial charge in [-0.1, -0.05) is 34.6 Å². The molecule has 0 aliphatic rings. The highest BCUT2D eigenvalue weighted by Crippen LogP contribution is 1.81. The highest BCUT2D eigenvalue weighted by atomic mass is 16.4. The maximum absolute atomic E-state index is 7.61. The third kappa shape index (κ3) is 1720000. The maximum Gasteiger partial charge on any atom is 0.448 e. The van der Waals surface area contributed by atoms with Crippen molar-refractivity contribution in [1.82, 2.24) is 0 Å². The van der Waals surface area contributed by atoms with E-state index in [-0.39, 0.29) is 0 Å². The summed E-state index contributed by atoms with van der Waals surface area (Å²) in [6.45, 7) is 11.8. The van der Waals surface area contributed by atoms with Crippen molar-refractivity contribution in [3.05, 3.63) is 0 Å². The van der Waals surface area contributed by atoms with E-state index in [1.165, 1.54) is 6.82 Å². The Morgan fingerprint density at radius 1 is 1.00 bits per heavy atom. The Balaban J connectivity index is -0.0000000787. The van der Waals surface area contributed by atoms with Gasteiger partial charge in [0.15, 0.2) is 0 Å². The molecule has 0 fully saturated rings. The molecule has 0 radical (unpaired) electrons. The second kappa shape index (κ2) is 16.0. The van der Waals surface area contributed by atoms with Crippen LogP contribution >= 0.6 is 0 Å². The van der Waals surface area contributed by atoms with E-state index in [4.69, 9.17) is 10.0 Å². The summed E-state index contributed by atoms with van der Waals surface area (Å²) in [4.78, 5) is 0. The Hall–Kier alpha value is -0.0151. The van der Waals surface area contributed by atoms with Crippen molar-refractivity contribution in [3.8, 4) is 0 Å². The molecule has 0 heterocycles. The molecule has 3 heteroatoms. The molecule has 0 aliphatic heterocycles. The molecule has 0 bridgehead atoms. The third-order valence-electron chi connectivity index (χ3n) is 0. The van der Waals surface area contributed by atoms with E-state index < -0.39 is 7.12 Å². The molecule has 0 aromatic heterocycles. The number of hydrogen-bond donors (Lipinski definition) is 2. The van der Waals surface area contributed by atoms with Gasteiger partial charge in [-0.25, -0.2) is 0 Å². The van der Waals surface area contributed by atoms with Crippen molar-refractivity contribution in [3.63, 3.8) is 0 Å². The largest absolute Gasteiger partial charge is 0.448 e. The van der Waals surface area contributed by atoms with Crippen molar-refractivity contribution in [2.45, 2.75) is 41.4 Å². The van der Waals surface area contributed by atoms with Gasteiger partial charge in [0.25, 0.3) is 0 Å². The van der Waals surface area contributed by atoms with Gasteiger partial charge in [-0.15, -0.1) is 0 Å². The Morgan fingerprint density at radius 3 is 1.00 bits per heavy atom. The molecule has 0 unspecified atom stereocenters. The van der Waals surface area contributed by atoms with Crippen LogP contribution in [0.25, 0.3) is 0 Å². The first-order valence-electron chi connectivity index (χ1n) is 3.83. The van der Waals surface area contributed by atoms with Crippen LogP contribution in [0.2, 0.25) is 6.82 Å². The van der Waals surface area contributed by atoms with Crippen LogP contribution in [0.3, 0.4) is 0 Å². The highest BCUT2D eigenvalue weighted by Gasteiger charge is 1.86. The first-order chi connectivity index (χ1) is 4.46. The molecule has 0 aromatic rings. The van der Waals surface area contributed by atoms with Gasteiger partial charge in [-0.05, 0) is 12.7 Å². The topological polar surface area (TPSA) is 40.5 Å². The number of rotatable bonds is 0. The fourth-order valence-electron chi connectivity index (χ4n) is 0. The van der Waals surface area contributed by atoms with Crippen LogP contribution in [-0.4, -0.2) is 17.2 Å². The Morgan fingerprint density at radius 2 is 1.00 bits per heavy atom. The highest BCUT2D eigenvalue weighted by molar-refractivity contribution is 6.38. The third-order valence-corrected chi connectivity index (χ3v) is 0. The summed E-state index contributed by atoms with van der Waals surface area (Å²) in [5, 5.41) is 15.2. The standard InChI is InChI=1S/C4H10.C2H6.CH5BO2/c1-4(2)3;1-2;1-2(3)4/h4H,1-3H3;1-2H3;3-4H,1H3. The zero-order valence-electron chi connectivity index (χ0n) is 8.05. The van der Waals surface area contributed by atoms with Gasteiger partial charge in [0.05, 0.1) is 0 Å². The van der Waals surface area contributed by atoms with E-state index in [0.29, 0.717) is 0 Å². The van der Waals surface area contributed by atoms with Crippen LogP contribution in [0.5, 0.6) is 0 Å². The first-order valence-corrected chi connectivity index (χ1v) is 3.83. The molecular weight excluding hydrogens is 127 g/mol. The monoisotopic (exact) mass is 148 g/mol. The maximum atomic E-state index is 7.61. The van der Waals surface area contributed by atoms with Crippen molar-refractivity contribution in [2.24, 2.45) is 5.92 Å². The minimum atomic E-state index is -1.17. The van der Waals surface area contributed by atoms with Gasteiger partial charge < -0.3 is 10.0 Å². The van der Waals surface area contributed by atoms with E-state index in [9.17, 15) is 0 Å². The molecule has 0 atom stereocenters. The van der Waals surface area contributed by atoms with Crippen LogP contribution < -0.4 is 0 Å². The van der Waals surface area contributed by atoms with E-state index in [1.54, 1.807) is 0 Å². The zero-order chi connectivity index (χ0) is 9.15. The zero-order valence-corrected chi connectivity index (χ0v) is 8.05. The lowest BCUT2D eigenvalue weighted by Crippen LogP contribution is -2.00. The van der Waals surface area contributed by atoms with Crippen molar-refractivity contribution in [1.29, 1.82) is 0 Å². The fourth-order valence-corrected chi connectivity index (χ4v) is 0. The molecule has 10 heavy (non-hydrogen) atoms. The van der Waals surface area contributed by atoms with Crippen LogP contribution in [0.1, 0.15) is 34.6 Å². The van der Waals surface area contributed by atoms with Gasteiger partial charge in [-0.3, -0.25) is 0 Å². The lowest BCUT2D eigenvalue weighted by atomic mass is 9.99. The summed E-state index contributed by atoms with van der Waals surface area (Å²) in [6, 6.07) is 0. The number of hydrogen-bond acceptors (Lipinski definition) is 2. The van der Waals surface area contributed by atoms with Gasteiger partial charge in [-0.2, -0.15) is 0 Å². The van der Waals surface area contributed by atoms with E-state index in [0.717, 1.165) is 5.92 Å². The Kier molecular flexibility index (Phi) is 26.4. The van der Waals surface area contributed by atoms with Gasteiger partial charge in [0, 0.05) is 0 Å². The second-order valence-corrected chi connectivity index (χ2v) is 2.36. The molecule has 0 saturated carbocycles. The predicted molar refractivity (Wildman–Crippen MR) is 47.9 cm³/mol. The normalized spacial score (nSPS) is 6.90. The molecular formula is C7H21BO2. The van der Waals surface area contributed by atoms with Crippen LogP contribution in [-0.2, 0) is 0 Å². The second-order valence-electron chi connectivity index (χ2n) is 2.36. The molecule has 0 amide bonds. The Labute approximate surface area is 65.4 Å². The van der Waals surface area contributed by atoms with Crippen LogP contribution in [0.4, 0.5) is 0 Å². The molecule has 0 aromatic carbocycles. The smallest absolute Gasteiger partial charge is 0.427 e. The quantitative estimate of drug-likeness (QED) is 0.514. The summed E-state index contributed by atoms with van der Waals surface area (Å²) in [7, 11) is -1.17. The molecule has 64 valence electrons. The molecule has 2 N–H and O–H groups in total. The predicted octanol–water partition coefficient (Wildman–Crippen LogP) is 1.78. The average Bonchev–Trinajstić information content (AvgIpc) is 1.66. The van der Waals surface area contributed by atoms with E-state index in [2.05, 4.69) is 20.8 Å². The van der Waals surface area contributed by atoms with Gasteiger partial charge in [0.1, 0.15) is 0 Å². The molecule has 2 nitrogen and oxygen atoms in total. The SMILES string of the molecule is CB(O)O.CC.CC(C)C. The van der Waals surface area contributed by atoms with Crippen molar-refractivity contribution >= 4 is 7.12 Å². The lowest BCUT2D eigenvalue weighted by molar-refractivity contribution is 0.417. The first kappa shape index (κ1) is 16.5. The van der Waals surface area contributed by atoms with Crippen LogP contribution in [0, 0.1) is 5.92 Å². The molecule has 0 aliphatic carbocycles.